The molecule has 1 aromatic rings. The molecule has 4 nitrogen and oxygen atoms in total. The van der Waals surface area contributed by atoms with Crippen molar-refractivity contribution in [1.82, 2.24) is 9.55 Å². The lowest BCUT2D eigenvalue weighted by molar-refractivity contribution is 0.0685. The highest BCUT2D eigenvalue weighted by Crippen LogP contribution is 2.01. The minimum absolute atomic E-state index is 0.267. The topological polar surface area (TPSA) is 55.1 Å². The maximum atomic E-state index is 10.6. The van der Waals surface area contributed by atoms with E-state index in [0.717, 1.165) is 19.4 Å². The quantitative estimate of drug-likeness (QED) is 0.738. The first-order valence-corrected chi connectivity index (χ1v) is 3.99. The number of carboxylic acids is 1. The molecule has 0 aliphatic rings. The van der Waals surface area contributed by atoms with Crippen LogP contribution in [0.5, 0.6) is 0 Å². The molecule has 0 unspecified atom stereocenters. The first-order valence-electron chi connectivity index (χ1n) is 3.99. The molecule has 1 rings (SSSR count). The number of rotatable bonds is 4. The zero-order valence-corrected chi connectivity index (χ0v) is 7.03. The Bertz CT molecular complexity index is 268. The van der Waals surface area contributed by atoms with Gasteiger partial charge in [0, 0.05) is 6.54 Å². The van der Waals surface area contributed by atoms with Crippen LogP contribution in [-0.2, 0) is 6.54 Å². The van der Waals surface area contributed by atoms with E-state index in [0.29, 0.717) is 0 Å². The highest BCUT2D eigenvalue weighted by atomic mass is 16.4. The van der Waals surface area contributed by atoms with Crippen molar-refractivity contribution in [2.75, 3.05) is 0 Å². The third-order valence-electron chi connectivity index (χ3n) is 1.68. The fourth-order valence-corrected chi connectivity index (χ4v) is 1.01. The molecule has 0 atom stereocenters. The van der Waals surface area contributed by atoms with E-state index >= 15 is 0 Å². The molecule has 0 aromatic carbocycles. The van der Waals surface area contributed by atoms with Crippen molar-refractivity contribution in [3.63, 3.8) is 0 Å². The zero-order valence-electron chi connectivity index (χ0n) is 7.03. The van der Waals surface area contributed by atoms with Crippen LogP contribution in [0, 0.1) is 0 Å². The number of carbonyl (C=O) groups is 1. The number of nitrogens with zero attached hydrogens (tertiary/aromatic N) is 2. The lowest BCUT2D eigenvalue weighted by Gasteiger charge is -2.02. The van der Waals surface area contributed by atoms with Crippen LogP contribution in [0.4, 0.5) is 0 Å². The van der Waals surface area contributed by atoms with Crippen LogP contribution in [0.15, 0.2) is 12.5 Å². The predicted octanol–water partition coefficient (Wildman–Crippen LogP) is 1.38. The summed E-state index contributed by atoms with van der Waals surface area (Å²) in [5, 5.41) is 8.69. The Morgan fingerprint density at radius 3 is 3.08 bits per heavy atom. The molecule has 0 spiro atoms. The van der Waals surface area contributed by atoms with Crippen molar-refractivity contribution in [1.29, 1.82) is 0 Å². The van der Waals surface area contributed by atoms with Crippen LogP contribution >= 0.6 is 0 Å². The van der Waals surface area contributed by atoms with Crippen LogP contribution in [0.2, 0.25) is 0 Å². The summed E-state index contributed by atoms with van der Waals surface area (Å²) in [4.78, 5) is 14.4. The Morgan fingerprint density at radius 1 is 1.75 bits per heavy atom. The van der Waals surface area contributed by atoms with Gasteiger partial charge in [-0.2, -0.15) is 0 Å². The van der Waals surface area contributed by atoms with Gasteiger partial charge in [0.1, 0.15) is 5.69 Å². The Morgan fingerprint density at radius 2 is 2.50 bits per heavy atom. The molecule has 0 radical (unpaired) electrons. The first kappa shape index (κ1) is 8.77. The summed E-state index contributed by atoms with van der Waals surface area (Å²) in [5.74, 6) is -0.913. The molecule has 0 aliphatic carbocycles. The standard InChI is InChI=1S/C8H12N2O2/c1-2-3-4-10-6-9-5-7(10)8(11)12/h5-6H,2-4H2,1H3,(H,11,12). The van der Waals surface area contributed by atoms with Crippen LogP contribution < -0.4 is 0 Å². The van der Waals surface area contributed by atoms with E-state index in [4.69, 9.17) is 5.11 Å². The second-order valence-electron chi connectivity index (χ2n) is 2.63. The van der Waals surface area contributed by atoms with Gasteiger partial charge >= 0.3 is 5.97 Å². The molecule has 0 amide bonds. The molecule has 0 saturated carbocycles. The third-order valence-corrected chi connectivity index (χ3v) is 1.68. The van der Waals surface area contributed by atoms with Gasteiger partial charge in [-0.05, 0) is 6.42 Å². The fraction of sp³-hybridized carbons (Fsp3) is 0.500. The average molecular weight is 168 g/mol. The number of carboxylic acid groups (broad SMARTS) is 1. The average Bonchev–Trinajstić information content (AvgIpc) is 2.48. The molecule has 12 heavy (non-hydrogen) atoms. The zero-order chi connectivity index (χ0) is 8.97. The fourth-order valence-electron chi connectivity index (χ4n) is 1.01. The lowest BCUT2D eigenvalue weighted by Crippen LogP contribution is -2.07. The lowest BCUT2D eigenvalue weighted by atomic mass is 10.3. The largest absolute Gasteiger partial charge is 0.477 e. The molecule has 1 aromatic heterocycles. The molecule has 0 aliphatic heterocycles. The molecule has 1 heterocycles. The summed E-state index contributed by atoms with van der Waals surface area (Å²) in [6.45, 7) is 2.80. The summed E-state index contributed by atoms with van der Waals surface area (Å²) < 4.78 is 1.66. The van der Waals surface area contributed by atoms with Gasteiger partial charge in [-0.15, -0.1) is 0 Å². The third kappa shape index (κ3) is 1.84. The van der Waals surface area contributed by atoms with E-state index in [9.17, 15) is 4.79 Å². The number of aryl methyl sites for hydroxylation is 1. The van der Waals surface area contributed by atoms with Crippen LogP contribution in [0.25, 0.3) is 0 Å². The number of aromatic nitrogens is 2. The molecular formula is C8H12N2O2. The first-order chi connectivity index (χ1) is 5.75. The summed E-state index contributed by atoms with van der Waals surface area (Å²) >= 11 is 0. The maximum absolute atomic E-state index is 10.6. The highest BCUT2D eigenvalue weighted by molar-refractivity contribution is 5.85. The second kappa shape index (κ2) is 3.90. The van der Waals surface area contributed by atoms with Crippen molar-refractivity contribution >= 4 is 5.97 Å². The minimum atomic E-state index is -0.913. The number of hydrogen-bond donors (Lipinski definition) is 1. The van der Waals surface area contributed by atoms with E-state index in [2.05, 4.69) is 11.9 Å². The number of imidazole rings is 1. The molecule has 0 bridgehead atoms. The Kier molecular flexibility index (Phi) is 2.85. The molecule has 66 valence electrons. The Balaban J connectivity index is 2.70. The molecular weight excluding hydrogens is 156 g/mol. The maximum Gasteiger partial charge on any atom is 0.354 e. The number of aromatic carboxylic acids is 1. The second-order valence-corrected chi connectivity index (χ2v) is 2.63. The van der Waals surface area contributed by atoms with E-state index in [1.807, 2.05) is 0 Å². The van der Waals surface area contributed by atoms with Crippen LogP contribution in [-0.4, -0.2) is 20.6 Å². The van der Waals surface area contributed by atoms with Crippen molar-refractivity contribution in [2.24, 2.45) is 0 Å². The predicted molar refractivity (Wildman–Crippen MR) is 44.1 cm³/mol. The van der Waals surface area contributed by atoms with Gasteiger partial charge in [-0.25, -0.2) is 9.78 Å². The van der Waals surface area contributed by atoms with Crippen molar-refractivity contribution < 1.29 is 9.90 Å². The van der Waals surface area contributed by atoms with Crippen molar-refractivity contribution in [3.8, 4) is 0 Å². The number of hydrogen-bond acceptors (Lipinski definition) is 2. The van der Waals surface area contributed by atoms with E-state index in [1.165, 1.54) is 6.20 Å². The smallest absolute Gasteiger partial charge is 0.354 e. The summed E-state index contributed by atoms with van der Waals surface area (Å²) in [5.41, 5.74) is 0.267. The Labute approximate surface area is 70.9 Å². The van der Waals surface area contributed by atoms with E-state index < -0.39 is 5.97 Å². The molecule has 4 heteroatoms. The van der Waals surface area contributed by atoms with Gasteiger partial charge in [0.05, 0.1) is 12.5 Å². The Hall–Kier alpha value is -1.32. The van der Waals surface area contributed by atoms with Gasteiger partial charge in [-0.3, -0.25) is 0 Å². The van der Waals surface area contributed by atoms with E-state index in [-0.39, 0.29) is 5.69 Å². The van der Waals surface area contributed by atoms with E-state index in [1.54, 1.807) is 10.9 Å². The van der Waals surface area contributed by atoms with Crippen molar-refractivity contribution in [3.05, 3.63) is 18.2 Å². The summed E-state index contributed by atoms with van der Waals surface area (Å²) in [7, 11) is 0. The van der Waals surface area contributed by atoms with Crippen LogP contribution in [0.3, 0.4) is 0 Å². The normalized spacial score (nSPS) is 10.1. The number of unbranched alkanes of at least 4 members (excludes halogenated alkanes) is 1. The molecule has 0 fully saturated rings. The monoisotopic (exact) mass is 168 g/mol. The molecule has 1 N–H and O–H groups in total. The van der Waals surface area contributed by atoms with Gasteiger partial charge in [0.15, 0.2) is 0 Å². The summed E-state index contributed by atoms with van der Waals surface area (Å²) in [6, 6.07) is 0. The minimum Gasteiger partial charge on any atom is -0.477 e. The van der Waals surface area contributed by atoms with Crippen molar-refractivity contribution in [2.45, 2.75) is 26.3 Å². The van der Waals surface area contributed by atoms with Gasteiger partial charge in [0.2, 0.25) is 0 Å². The SMILES string of the molecule is CCCCn1cncc1C(=O)O. The van der Waals surface area contributed by atoms with Crippen LogP contribution in [0.1, 0.15) is 30.3 Å². The highest BCUT2D eigenvalue weighted by Gasteiger charge is 2.08. The summed E-state index contributed by atoms with van der Waals surface area (Å²) in [6.07, 6.45) is 4.96. The van der Waals surface area contributed by atoms with Gasteiger partial charge in [0.25, 0.3) is 0 Å². The van der Waals surface area contributed by atoms with Gasteiger partial charge in [-0.1, -0.05) is 13.3 Å². The molecule has 0 saturated heterocycles. The van der Waals surface area contributed by atoms with Gasteiger partial charge < -0.3 is 9.67 Å².